The lowest BCUT2D eigenvalue weighted by molar-refractivity contribution is -0.114. The zero-order valence-corrected chi connectivity index (χ0v) is 11.9. The molecule has 1 aliphatic rings. The number of hydrogen-bond acceptors (Lipinski definition) is 3. The van der Waals surface area contributed by atoms with Crippen molar-refractivity contribution in [2.24, 2.45) is 4.99 Å². The highest BCUT2D eigenvalue weighted by molar-refractivity contribution is 7.98. The first-order valence-corrected chi connectivity index (χ1v) is 7.58. The van der Waals surface area contributed by atoms with Crippen molar-refractivity contribution in [1.29, 1.82) is 0 Å². The van der Waals surface area contributed by atoms with E-state index in [1.54, 1.807) is 11.8 Å². The number of fused-ring (bicyclic) bond motifs is 1. The van der Waals surface area contributed by atoms with Crippen LogP contribution in [0.25, 0.3) is 0 Å². The van der Waals surface area contributed by atoms with Gasteiger partial charge in [0.1, 0.15) is 6.54 Å². The van der Waals surface area contributed by atoms with Crippen LogP contribution in [0, 0.1) is 0 Å². The second kappa shape index (κ2) is 5.51. The molecule has 0 aromatic heterocycles. The normalized spacial score (nSPS) is 14.1. The molecule has 1 N–H and O–H groups in total. The molecule has 2 aromatic rings. The lowest BCUT2D eigenvalue weighted by atomic mass is 10.0. The summed E-state index contributed by atoms with van der Waals surface area (Å²) in [5.74, 6) is -0.0749. The fraction of sp³-hybridized carbons (Fsp3) is 0.125. The number of carbonyl (C=O) groups excluding carboxylic acids is 1. The Morgan fingerprint density at radius 1 is 1.15 bits per heavy atom. The SMILES string of the molecule is CSc1ccc2c(c1)C(c1ccccc1)=NCC(=O)N2. The number of carbonyl (C=O) groups is 1. The molecule has 2 aromatic carbocycles. The highest BCUT2D eigenvalue weighted by Crippen LogP contribution is 2.27. The summed E-state index contributed by atoms with van der Waals surface area (Å²) < 4.78 is 0. The summed E-state index contributed by atoms with van der Waals surface area (Å²) in [7, 11) is 0. The molecule has 0 unspecified atom stereocenters. The third-order valence-corrected chi connectivity index (χ3v) is 3.91. The molecular weight excluding hydrogens is 268 g/mol. The van der Waals surface area contributed by atoms with Gasteiger partial charge in [-0.05, 0) is 24.5 Å². The van der Waals surface area contributed by atoms with Crippen LogP contribution in [0.1, 0.15) is 11.1 Å². The Morgan fingerprint density at radius 3 is 2.70 bits per heavy atom. The van der Waals surface area contributed by atoms with Gasteiger partial charge in [0.25, 0.3) is 0 Å². The number of nitrogens with one attached hydrogen (secondary N) is 1. The minimum absolute atomic E-state index is 0.0749. The van der Waals surface area contributed by atoms with Gasteiger partial charge in [-0.25, -0.2) is 0 Å². The van der Waals surface area contributed by atoms with Gasteiger partial charge in [0.2, 0.25) is 5.91 Å². The van der Waals surface area contributed by atoms with Crippen LogP contribution < -0.4 is 5.32 Å². The first-order chi connectivity index (χ1) is 9.78. The summed E-state index contributed by atoms with van der Waals surface area (Å²) in [6.45, 7) is 0.160. The number of benzene rings is 2. The predicted octanol–water partition coefficient (Wildman–Crippen LogP) is 3.20. The summed E-state index contributed by atoms with van der Waals surface area (Å²) in [6.07, 6.45) is 2.04. The molecule has 0 fully saturated rings. The lowest BCUT2D eigenvalue weighted by Gasteiger charge is -2.11. The van der Waals surface area contributed by atoms with Gasteiger partial charge in [0.05, 0.1) is 11.4 Å². The summed E-state index contributed by atoms with van der Waals surface area (Å²) in [5, 5.41) is 2.91. The maximum atomic E-state index is 11.8. The van der Waals surface area contributed by atoms with Crippen molar-refractivity contribution < 1.29 is 4.79 Å². The average molecular weight is 282 g/mol. The topological polar surface area (TPSA) is 41.5 Å². The van der Waals surface area contributed by atoms with Gasteiger partial charge in [-0.2, -0.15) is 0 Å². The minimum atomic E-state index is -0.0749. The smallest absolute Gasteiger partial charge is 0.246 e. The largest absolute Gasteiger partial charge is 0.324 e. The number of nitrogens with zero attached hydrogens (tertiary/aromatic N) is 1. The van der Waals surface area contributed by atoms with E-state index in [1.807, 2.05) is 48.7 Å². The predicted molar refractivity (Wildman–Crippen MR) is 83.8 cm³/mol. The Bertz CT molecular complexity index is 680. The maximum absolute atomic E-state index is 11.8. The Labute approximate surface area is 122 Å². The van der Waals surface area contributed by atoms with E-state index in [-0.39, 0.29) is 12.5 Å². The standard InChI is InChI=1S/C16H14N2OS/c1-20-12-7-8-14-13(9-12)16(17-10-15(19)18-14)11-5-3-2-4-6-11/h2-9H,10H2,1H3,(H,18,19). The molecule has 0 saturated heterocycles. The average Bonchev–Trinajstić information content (AvgIpc) is 2.65. The van der Waals surface area contributed by atoms with Gasteiger partial charge in [-0.15, -0.1) is 11.8 Å². The van der Waals surface area contributed by atoms with E-state index in [9.17, 15) is 4.79 Å². The third kappa shape index (κ3) is 2.47. The van der Waals surface area contributed by atoms with Gasteiger partial charge in [-0.1, -0.05) is 30.3 Å². The van der Waals surface area contributed by atoms with E-state index in [0.29, 0.717) is 0 Å². The first-order valence-electron chi connectivity index (χ1n) is 6.36. The zero-order chi connectivity index (χ0) is 13.9. The fourth-order valence-corrected chi connectivity index (χ4v) is 2.66. The van der Waals surface area contributed by atoms with Crippen molar-refractivity contribution in [3.8, 4) is 0 Å². The molecule has 1 aliphatic heterocycles. The first kappa shape index (κ1) is 12.9. The number of aliphatic imine (C=N–C) groups is 1. The minimum Gasteiger partial charge on any atom is -0.324 e. The van der Waals surface area contributed by atoms with Gasteiger partial charge < -0.3 is 5.32 Å². The van der Waals surface area contributed by atoms with Crippen LogP contribution in [0.3, 0.4) is 0 Å². The number of anilines is 1. The van der Waals surface area contributed by atoms with E-state index >= 15 is 0 Å². The van der Waals surface area contributed by atoms with E-state index in [2.05, 4.69) is 16.4 Å². The number of amides is 1. The molecule has 0 aliphatic carbocycles. The Hall–Kier alpha value is -2.07. The van der Waals surface area contributed by atoms with Crippen molar-refractivity contribution in [3.05, 3.63) is 59.7 Å². The van der Waals surface area contributed by atoms with Crippen LogP contribution >= 0.6 is 11.8 Å². The molecule has 0 radical (unpaired) electrons. The van der Waals surface area contributed by atoms with Crippen molar-refractivity contribution in [2.75, 3.05) is 18.1 Å². The fourth-order valence-electron chi connectivity index (χ4n) is 2.22. The van der Waals surface area contributed by atoms with Gasteiger partial charge >= 0.3 is 0 Å². The van der Waals surface area contributed by atoms with Crippen molar-refractivity contribution in [2.45, 2.75) is 4.90 Å². The zero-order valence-electron chi connectivity index (χ0n) is 11.1. The molecule has 3 nitrogen and oxygen atoms in total. The van der Waals surface area contributed by atoms with Gasteiger partial charge in [0, 0.05) is 16.0 Å². The van der Waals surface area contributed by atoms with Crippen LogP contribution in [-0.4, -0.2) is 24.4 Å². The Morgan fingerprint density at radius 2 is 1.95 bits per heavy atom. The van der Waals surface area contributed by atoms with E-state index in [0.717, 1.165) is 27.4 Å². The van der Waals surface area contributed by atoms with E-state index in [4.69, 9.17) is 0 Å². The quantitative estimate of drug-likeness (QED) is 0.859. The molecule has 0 bridgehead atoms. The molecule has 100 valence electrons. The maximum Gasteiger partial charge on any atom is 0.246 e. The molecule has 3 rings (SSSR count). The van der Waals surface area contributed by atoms with Gasteiger partial charge in [-0.3, -0.25) is 9.79 Å². The molecule has 20 heavy (non-hydrogen) atoms. The van der Waals surface area contributed by atoms with Crippen LogP contribution in [0.4, 0.5) is 5.69 Å². The summed E-state index contributed by atoms with van der Waals surface area (Å²) in [6, 6.07) is 16.0. The van der Waals surface area contributed by atoms with Crippen LogP contribution in [-0.2, 0) is 4.79 Å². The van der Waals surface area contributed by atoms with Gasteiger partial charge in [0.15, 0.2) is 0 Å². The second-order valence-electron chi connectivity index (χ2n) is 4.49. The Balaban J connectivity index is 2.18. The number of hydrogen-bond donors (Lipinski definition) is 1. The molecule has 1 amide bonds. The number of thioether (sulfide) groups is 1. The molecule has 0 spiro atoms. The van der Waals surface area contributed by atoms with Crippen LogP contribution in [0.15, 0.2) is 58.4 Å². The number of benzodiazepines with no additional fused rings is 1. The van der Waals surface area contributed by atoms with Crippen LogP contribution in [0.5, 0.6) is 0 Å². The summed E-state index contributed by atoms with van der Waals surface area (Å²) in [5.41, 5.74) is 3.71. The number of rotatable bonds is 2. The van der Waals surface area contributed by atoms with E-state index < -0.39 is 0 Å². The highest BCUT2D eigenvalue weighted by Gasteiger charge is 2.18. The van der Waals surface area contributed by atoms with Crippen molar-refractivity contribution in [3.63, 3.8) is 0 Å². The summed E-state index contributed by atoms with van der Waals surface area (Å²) >= 11 is 1.68. The van der Waals surface area contributed by atoms with Crippen molar-refractivity contribution in [1.82, 2.24) is 0 Å². The summed E-state index contributed by atoms with van der Waals surface area (Å²) in [4.78, 5) is 17.4. The monoisotopic (exact) mass is 282 g/mol. The Kier molecular flexibility index (Phi) is 3.56. The lowest BCUT2D eigenvalue weighted by Crippen LogP contribution is -2.13. The van der Waals surface area contributed by atoms with Crippen molar-refractivity contribution >= 4 is 29.1 Å². The molecular formula is C16H14N2OS. The third-order valence-electron chi connectivity index (χ3n) is 3.18. The molecule has 4 heteroatoms. The van der Waals surface area contributed by atoms with E-state index in [1.165, 1.54) is 0 Å². The molecule has 0 atom stereocenters. The van der Waals surface area contributed by atoms with Crippen LogP contribution in [0.2, 0.25) is 0 Å². The highest BCUT2D eigenvalue weighted by atomic mass is 32.2. The second-order valence-corrected chi connectivity index (χ2v) is 5.37. The molecule has 1 heterocycles. The molecule has 0 saturated carbocycles.